The molecule has 0 saturated heterocycles. The van der Waals surface area contributed by atoms with E-state index in [4.69, 9.17) is 62.8 Å². The van der Waals surface area contributed by atoms with E-state index in [2.05, 4.69) is 112 Å². The van der Waals surface area contributed by atoms with Crippen molar-refractivity contribution in [2.75, 3.05) is 50.0 Å². The molecule has 0 aromatic carbocycles. The summed E-state index contributed by atoms with van der Waals surface area (Å²) in [4.78, 5) is 19.2. The predicted molar refractivity (Wildman–Crippen MR) is 437 cm³/mol. The molecule has 0 radical (unpaired) electrons. The van der Waals surface area contributed by atoms with Gasteiger partial charge in [0.05, 0.1) is 227 Å². The van der Waals surface area contributed by atoms with Gasteiger partial charge in [-0.25, -0.2) is 38.0 Å². The van der Waals surface area contributed by atoms with Gasteiger partial charge in [-0.1, -0.05) is 0 Å². The first-order valence-electron chi connectivity index (χ1n) is 38.6. The molecule has 122 heavy (non-hydrogen) atoms. The molecule has 4 fully saturated rings. The molecule has 16 heterocycles. The maximum absolute atomic E-state index is 9.36. The molecule has 0 amide bonds. The molecular weight excluding hydrogens is 1560 g/mol. The zero-order valence-corrected chi connectivity index (χ0v) is 66.2. The molecule has 4 aliphatic carbocycles. The summed E-state index contributed by atoms with van der Waals surface area (Å²) >= 11 is 0. The summed E-state index contributed by atoms with van der Waals surface area (Å²) in [5.74, 6) is 1.60. The predicted octanol–water partition coefficient (Wildman–Crippen LogP) is 6.93. The second-order valence-corrected chi connectivity index (χ2v) is 30.8. The summed E-state index contributed by atoms with van der Waals surface area (Å²) in [6.45, 7) is 1.63. The van der Waals surface area contributed by atoms with Crippen LogP contribution in [0.15, 0.2) is 123 Å². The number of H-pyrrole nitrogens is 4. The number of hydrogen-bond acceptors (Lipinski definition) is 31. The Kier molecular flexibility index (Phi) is 20.5. The van der Waals surface area contributed by atoms with Crippen LogP contribution in [0, 0.1) is 69.5 Å². The highest BCUT2D eigenvalue weighted by Crippen LogP contribution is 2.50. The lowest BCUT2D eigenvalue weighted by molar-refractivity contribution is -0.0542. The SMILES string of the molecule is COC1CC(CC#N)(n2cc(-c3nc(-c4cc(CO)[nH]n4)cn4nccc34)c(N)n2)C1.COC1CC(CC#N)(n2cc(-c3nc(-c4cc(CO)[nH]n4)cn4nccc34)c(N)n2)C1.COC1CC(CC#N)(n2cc(-c3nc(-c4cc(N)n[nH]4)cn4nccc34)c(N)n2)C1.Cc1cc(-c2cn3nccc3c(-c3cn(C4(CC#N)CC(C#N)C4)nc3N)n2)n[nH]1. The average molecular weight is 1640 g/mol. The van der Waals surface area contributed by atoms with Crippen molar-refractivity contribution in [3.8, 4) is 121 Å². The van der Waals surface area contributed by atoms with Gasteiger partial charge >= 0.3 is 0 Å². The van der Waals surface area contributed by atoms with Crippen molar-refractivity contribution >= 4 is 51.2 Å². The Labute approximate surface area is 691 Å². The first-order chi connectivity index (χ1) is 59.2. The summed E-state index contributed by atoms with van der Waals surface area (Å²) in [5.41, 5.74) is 44.5. The molecule has 0 spiro atoms. The van der Waals surface area contributed by atoms with Crippen LogP contribution in [0.25, 0.3) is 113 Å². The monoisotopic (exact) mass is 1640 g/mol. The molecule has 616 valence electrons. The topological polar surface area (TPSA) is 624 Å². The summed E-state index contributed by atoms with van der Waals surface area (Å²) in [7, 11) is 5.03. The lowest BCUT2D eigenvalue weighted by Gasteiger charge is -2.45. The number of nitrogens with one attached hydrogen (secondary N) is 4. The molecule has 43 nitrogen and oxygen atoms in total. The van der Waals surface area contributed by atoms with Crippen LogP contribution in [-0.4, -0.2) is 188 Å². The first kappa shape index (κ1) is 78.9. The summed E-state index contributed by atoms with van der Waals surface area (Å²) < 4.78 is 30.2. The van der Waals surface area contributed by atoms with Crippen LogP contribution in [0.2, 0.25) is 0 Å². The minimum absolute atomic E-state index is 0.0712. The fourth-order valence-electron chi connectivity index (χ4n) is 16.5. The number of hydrogen-bond donors (Lipinski definition) is 11. The van der Waals surface area contributed by atoms with E-state index < -0.39 is 22.2 Å². The van der Waals surface area contributed by atoms with Crippen molar-refractivity contribution < 1.29 is 24.4 Å². The third-order valence-corrected chi connectivity index (χ3v) is 23.2. The Balaban J connectivity index is 0.000000116. The van der Waals surface area contributed by atoms with Crippen LogP contribution in [0.5, 0.6) is 0 Å². The second kappa shape index (κ2) is 31.7. The number of nitrogens with zero attached hydrogens (tertiary/aromatic N) is 29. The number of aliphatic hydroxyl groups excluding tert-OH is 2. The quantitative estimate of drug-likeness (QED) is 0.0347. The third-order valence-electron chi connectivity index (χ3n) is 23.2. The number of nitriles is 5. The molecule has 16 aromatic heterocycles. The van der Waals surface area contributed by atoms with Crippen molar-refractivity contribution in [3.63, 3.8) is 0 Å². The minimum Gasteiger partial charge on any atom is -0.390 e. The molecule has 0 aliphatic heterocycles. The number of aliphatic hydroxyl groups is 2. The van der Waals surface area contributed by atoms with Gasteiger partial charge in [-0.05, 0) is 101 Å². The number of anilines is 5. The van der Waals surface area contributed by atoms with Gasteiger partial charge in [0.1, 0.15) is 68.5 Å². The van der Waals surface area contributed by atoms with Crippen molar-refractivity contribution in [1.82, 2.24) is 138 Å². The van der Waals surface area contributed by atoms with Crippen LogP contribution < -0.4 is 28.7 Å². The van der Waals surface area contributed by atoms with E-state index in [1.54, 1.807) is 120 Å². The van der Waals surface area contributed by atoms with Gasteiger partial charge in [0.2, 0.25) is 0 Å². The molecule has 0 atom stereocenters. The Morgan fingerprint density at radius 1 is 0.402 bits per heavy atom. The molecule has 20 rings (SSSR count). The molecule has 16 aromatic rings. The number of fused-ring (bicyclic) bond motifs is 4. The van der Waals surface area contributed by atoms with Crippen LogP contribution in [0.4, 0.5) is 29.1 Å². The number of nitrogen functional groups attached to an aromatic ring is 5. The molecule has 0 bridgehead atoms. The molecule has 4 aliphatic rings. The molecule has 16 N–H and O–H groups in total. The van der Waals surface area contributed by atoms with Crippen LogP contribution in [0.3, 0.4) is 0 Å². The van der Waals surface area contributed by atoms with E-state index in [-0.39, 0.29) is 43.9 Å². The van der Waals surface area contributed by atoms with E-state index in [0.717, 1.165) is 27.8 Å². The van der Waals surface area contributed by atoms with Gasteiger partial charge < -0.3 is 53.1 Å². The number of aryl methyl sites for hydroxylation is 1. The van der Waals surface area contributed by atoms with E-state index in [1.807, 2.05) is 68.2 Å². The zero-order valence-electron chi connectivity index (χ0n) is 66.2. The van der Waals surface area contributed by atoms with Gasteiger partial charge in [-0.3, -0.25) is 39.1 Å². The standard InChI is InChI=1S/C20H18N10.2C20H21N9O2.C19H20N10O/c1-12-6-15(27-26-12)16-11-29-17(2-5-24-29)18(25-16)14-10-30(28-19(14)23)20(3-4-21)7-13(8-20)9-22;2*1-31-13-7-20(8-13,3-4-21)29-9-14(19(22)27-29)18-17-2-5-23-28(17)10-16(24-18)15-6-12(11-30)25-26-15;1-30-11-7-19(8-11,3-4-20)29-9-12(18(22)27-29)17-15-2-5-23-28(15)10-14(24-17)13-6-16(21)26-25-13/h2,5-6,10-11,13H,3,7-8H2,1H3,(H2,23,28)(H,26,27);2*2,5-6,9-10,13,30H,3,7-8,11H2,1H3,(H2,22,27)(H,25,26);2,5-6,9-11H,3,7-8H2,1H3,(H2,22,27)(H3,21,25,26). The highest BCUT2D eigenvalue weighted by Gasteiger charge is 2.51. The number of aromatic nitrogens is 28. The Hall–Kier alpha value is -15.6. The third kappa shape index (κ3) is 14.2. The summed E-state index contributed by atoms with van der Waals surface area (Å²) in [6, 6.07) is 25.8. The highest BCUT2D eigenvalue weighted by atomic mass is 16.5. The lowest BCUT2D eigenvalue weighted by Crippen LogP contribution is -2.50. The number of ether oxygens (including phenoxy) is 3. The van der Waals surface area contributed by atoms with Gasteiger partial charge in [0.25, 0.3) is 0 Å². The molecule has 0 unspecified atom stereocenters. The van der Waals surface area contributed by atoms with E-state index in [0.29, 0.717) is 202 Å². The normalized spacial score (nSPS) is 20.7. The van der Waals surface area contributed by atoms with Gasteiger partial charge in [0.15, 0.2) is 23.3 Å². The van der Waals surface area contributed by atoms with Crippen LogP contribution >= 0.6 is 0 Å². The van der Waals surface area contributed by atoms with Crippen LogP contribution in [-0.2, 0) is 49.6 Å². The van der Waals surface area contributed by atoms with Gasteiger partial charge in [0, 0.05) is 57.9 Å². The van der Waals surface area contributed by atoms with E-state index in [9.17, 15) is 36.5 Å². The Morgan fingerprint density at radius 2 is 0.713 bits per heavy atom. The Bertz CT molecular complexity index is 6600. The first-order valence-corrected chi connectivity index (χ1v) is 38.6. The number of rotatable bonds is 21. The fraction of sp³-hybridized carbons (Fsp3) is 0.329. The van der Waals surface area contributed by atoms with E-state index >= 15 is 0 Å². The number of methoxy groups -OCH3 is 3. The van der Waals surface area contributed by atoms with Crippen molar-refractivity contribution in [3.05, 3.63) is 140 Å². The smallest absolute Gasteiger partial charge is 0.155 e. The van der Waals surface area contributed by atoms with Gasteiger partial charge in [-0.2, -0.15) is 87.5 Å². The van der Waals surface area contributed by atoms with Crippen molar-refractivity contribution in [2.24, 2.45) is 5.92 Å². The maximum atomic E-state index is 9.36. The van der Waals surface area contributed by atoms with Gasteiger partial charge in [-0.15, -0.1) is 0 Å². The van der Waals surface area contributed by atoms with E-state index in [1.165, 1.54) is 0 Å². The lowest BCUT2D eigenvalue weighted by atomic mass is 9.67. The number of aromatic amines is 4. The van der Waals surface area contributed by atoms with Crippen LogP contribution in [0.1, 0.15) is 94.1 Å². The van der Waals surface area contributed by atoms with Crippen molar-refractivity contribution in [2.45, 2.75) is 138 Å². The molecule has 4 saturated carbocycles. The highest BCUT2D eigenvalue weighted by molar-refractivity contribution is 5.87. The molecular formula is C79H80N38O5. The second-order valence-electron chi connectivity index (χ2n) is 30.8. The van der Waals surface area contributed by atoms with Crippen molar-refractivity contribution in [1.29, 1.82) is 26.3 Å². The summed E-state index contributed by atoms with van der Waals surface area (Å²) in [6.07, 6.45) is 28.2. The fourth-order valence-corrected chi connectivity index (χ4v) is 16.5. The average Bonchev–Trinajstić information content (AvgIpc) is 1.58. The maximum Gasteiger partial charge on any atom is 0.155 e. The molecule has 43 heteroatoms. The zero-order chi connectivity index (χ0) is 84.9. The largest absolute Gasteiger partial charge is 0.390 e. The number of nitrogens with two attached hydrogens (primary N) is 5. The summed E-state index contributed by atoms with van der Waals surface area (Å²) in [5, 5.41) is 129. The minimum atomic E-state index is -0.505. The Morgan fingerprint density at radius 3 is 0.992 bits per heavy atom.